The van der Waals surface area contributed by atoms with E-state index in [-0.39, 0.29) is 12.5 Å². The smallest absolute Gasteiger partial charge is 0.320 e. The highest BCUT2D eigenvalue weighted by Gasteiger charge is 2.31. The number of likely N-dealkylation sites (tertiary alicyclic amines) is 1. The summed E-state index contributed by atoms with van der Waals surface area (Å²) in [6.07, 6.45) is 1.46. The fraction of sp³-hybridized carbons (Fsp3) is 0.429. The highest BCUT2D eigenvalue weighted by Crippen LogP contribution is 2.16. The molecular formula is C14H18N2O3. The summed E-state index contributed by atoms with van der Waals surface area (Å²) < 4.78 is 0. The number of carbonyl (C=O) groups excluding carboxylic acids is 1. The lowest BCUT2D eigenvalue weighted by molar-refractivity contribution is -0.142. The first-order chi connectivity index (χ1) is 9.16. The summed E-state index contributed by atoms with van der Waals surface area (Å²) in [6.45, 7) is 1.31. The van der Waals surface area contributed by atoms with Crippen molar-refractivity contribution in [2.75, 3.05) is 13.1 Å². The zero-order valence-corrected chi connectivity index (χ0v) is 10.7. The van der Waals surface area contributed by atoms with Crippen LogP contribution in [0.2, 0.25) is 0 Å². The SMILES string of the molecule is O=C(CN1CCCC1C(=O)O)NCc1ccccc1. The molecule has 2 N–H and O–H groups in total. The Balaban J connectivity index is 1.80. The third kappa shape index (κ3) is 3.79. The molecule has 0 bridgehead atoms. The summed E-state index contributed by atoms with van der Waals surface area (Å²) in [7, 11) is 0. The Labute approximate surface area is 112 Å². The Bertz CT molecular complexity index is 447. The van der Waals surface area contributed by atoms with Gasteiger partial charge in [0, 0.05) is 6.54 Å². The van der Waals surface area contributed by atoms with Gasteiger partial charge in [0.25, 0.3) is 0 Å². The van der Waals surface area contributed by atoms with Crippen molar-refractivity contribution in [2.24, 2.45) is 0 Å². The van der Waals surface area contributed by atoms with Crippen LogP contribution >= 0.6 is 0 Å². The standard InChI is InChI=1S/C14H18N2O3/c17-13(15-9-11-5-2-1-3-6-11)10-16-8-4-7-12(16)14(18)19/h1-3,5-6,12H,4,7-10H2,(H,15,17)(H,18,19). The van der Waals surface area contributed by atoms with Crippen LogP contribution in [0.4, 0.5) is 0 Å². The van der Waals surface area contributed by atoms with E-state index in [0.29, 0.717) is 19.5 Å². The Hall–Kier alpha value is -1.88. The van der Waals surface area contributed by atoms with E-state index in [0.717, 1.165) is 12.0 Å². The highest BCUT2D eigenvalue weighted by atomic mass is 16.4. The minimum Gasteiger partial charge on any atom is -0.480 e. The molecule has 1 aliphatic heterocycles. The minimum absolute atomic E-state index is 0.128. The number of nitrogens with one attached hydrogen (secondary N) is 1. The summed E-state index contributed by atoms with van der Waals surface area (Å²) in [6, 6.07) is 9.13. The molecule has 0 saturated carbocycles. The van der Waals surface area contributed by atoms with E-state index >= 15 is 0 Å². The quantitative estimate of drug-likeness (QED) is 0.825. The maximum absolute atomic E-state index is 11.8. The average Bonchev–Trinajstić information content (AvgIpc) is 2.86. The number of rotatable bonds is 5. The van der Waals surface area contributed by atoms with E-state index in [9.17, 15) is 9.59 Å². The van der Waals surface area contributed by atoms with E-state index in [1.807, 2.05) is 30.3 Å². The number of carbonyl (C=O) groups is 2. The fourth-order valence-corrected chi connectivity index (χ4v) is 2.33. The van der Waals surface area contributed by atoms with Gasteiger partial charge in [0.05, 0.1) is 6.54 Å². The maximum atomic E-state index is 11.8. The van der Waals surface area contributed by atoms with Gasteiger partial charge in [-0.05, 0) is 24.9 Å². The molecule has 0 spiro atoms. The van der Waals surface area contributed by atoms with Gasteiger partial charge in [0.2, 0.25) is 5.91 Å². The zero-order valence-electron chi connectivity index (χ0n) is 10.7. The second-order valence-electron chi connectivity index (χ2n) is 4.73. The summed E-state index contributed by atoms with van der Waals surface area (Å²) in [5, 5.41) is 11.8. The van der Waals surface area contributed by atoms with E-state index < -0.39 is 12.0 Å². The van der Waals surface area contributed by atoms with Crippen LogP contribution in [0.3, 0.4) is 0 Å². The van der Waals surface area contributed by atoms with Crippen LogP contribution in [0.25, 0.3) is 0 Å². The molecule has 1 amide bonds. The van der Waals surface area contributed by atoms with Crippen molar-refractivity contribution < 1.29 is 14.7 Å². The van der Waals surface area contributed by atoms with Crippen LogP contribution in [-0.2, 0) is 16.1 Å². The first-order valence-corrected chi connectivity index (χ1v) is 6.44. The number of carboxylic acids is 1. The van der Waals surface area contributed by atoms with Gasteiger partial charge < -0.3 is 10.4 Å². The van der Waals surface area contributed by atoms with Crippen molar-refractivity contribution in [3.63, 3.8) is 0 Å². The minimum atomic E-state index is -0.839. The lowest BCUT2D eigenvalue weighted by atomic mass is 10.2. The van der Waals surface area contributed by atoms with E-state index in [4.69, 9.17) is 5.11 Å². The van der Waals surface area contributed by atoms with Crippen LogP contribution < -0.4 is 5.32 Å². The van der Waals surface area contributed by atoms with Gasteiger partial charge in [0.15, 0.2) is 0 Å². The molecule has 2 rings (SSSR count). The van der Waals surface area contributed by atoms with Gasteiger partial charge in [0.1, 0.15) is 6.04 Å². The topological polar surface area (TPSA) is 69.6 Å². The normalized spacial score (nSPS) is 19.3. The van der Waals surface area contributed by atoms with Crippen LogP contribution in [0.1, 0.15) is 18.4 Å². The lowest BCUT2D eigenvalue weighted by Gasteiger charge is -2.20. The van der Waals surface area contributed by atoms with Crippen LogP contribution in [-0.4, -0.2) is 41.0 Å². The Kier molecular flexibility index (Phi) is 4.52. The monoisotopic (exact) mass is 262 g/mol. The molecule has 1 aromatic carbocycles. The van der Waals surface area contributed by atoms with Gasteiger partial charge in [-0.3, -0.25) is 14.5 Å². The second kappa shape index (κ2) is 6.33. The van der Waals surface area contributed by atoms with Gasteiger partial charge in [-0.1, -0.05) is 30.3 Å². The first-order valence-electron chi connectivity index (χ1n) is 6.44. The van der Waals surface area contributed by atoms with Gasteiger partial charge in [-0.25, -0.2) is 0 Å². The number of hydrogen-bond donors (Lipinski definition) is 2. The summed E-state index contributed by atoms with van der Waals surface area (Å²) in [5.41, 5.74) is 1.03. The van der Waals surface area contributed by atoms with Gasteiger partial charge in [-0.15, -0.1) is 0 Å². The predicted molar refractivity (Wildman–Crippen MR) is 70.5 cm³/mol. The summed E-state index contributed by atoms with van der Waals surface area (Å²) >= 11 is 0. The molecule has 1 aliphatic rings. The third-order valence-electron chi connectivity index (χ3n) is 3.33. The van der Waals surface area contributed by atoms with Crippen molar-refractivity contribution in [1.82, 2.24) is 10.2 Å². The summed E-state index contributed by atoms with van der Waals surface area (Å²) in [4.78, 5) is 24.5. The van der Waals surface area contributed by atoms with Crippen LogP contribution in [0.5, 0.6) is 0 Å². The first kappa shape index (κ1) is 13.5. The van der Waals surface area contributed by atoms with Gasteiger partial charge >= 0.3 is 5.97 Å². The molecule has 1 atom stereocenters. The third-order valence-corrected chi connectivity index (χ3v) is 3.33. The van der Waals surface area contributed by atoms with Crippen molar-refractivity contribution in [3.8, 4) is 0 Å². The zero-order chi connectivity index (χ0) is 13.7. The molecule has 1 unspecified atom stereocenters. The van der Waals surface area contributed by atoms with Crippen molar-refractivity contribution in [3.05, 3.63) is 35.9 Å². The molecular weight excluding hydrogens is 244 g/mol. The second-order valence-corrected chi connectivity index (χ2v) is 4.73. The number of carboxylic acid groups (broad SMARTS) is 1. The van der Waals surface area contributed by atoms with E-state index in [1.54, 1.807) is 4.90 Å². The van der Waals surface area contributed by atoms with E-state index in [2.05, 4.69) is 5.32 Å². The van der Waals surface area contributed by atoms with Crippen molar-refractivity contribution >= 4 is 11.9 Å². The fourth-order valence-electron chi connectivity index (χ4n) is 2.33. The largest absolute Gasteiger partial charge is 0.480 e. The van der Waals surface area contributed by atoms with Crippen molar-refractivity contribution in [2.45, 2.75) is 25.4 Å². The molecule has 0 aromatic heterocycles. The number of hydrogen-bond acceptors (Lipinski definition) is 3. The molecule has 1 heterocycles. The molecule has 5 nitrogen and oxygen atoms in total. The molecule has 102 valence electrons. The molecule has 0 aliphatic carbocycles. The number of nitrogens with zero attached hydrogens (tertiary/aromatic N) is 1. The number of amides is 1. The lowest BCUT2D eigenvalue weighted by Crippen LogP contribution is -2.42. The Morgan fingerprint density at radius 2 is 2.05 bits per heavy atom. The predicted octanol–water partition coefficient (Wildman–Crippen LogP) is 0.852. The number of benzene rings is 1. The van der Waals surface area contributed by atoms with E-state index in [1.165, 1.54) is 0 Å². The Morgan fingerprint density at radius 1 is 1.32 bits per heavy atom. The Morgan fingerprint density at radius 3 is 2.74 bits per heavy atom. The summed E-state index contributed by atoms with van der Waals surface area (Å²) in [5.74, 6) is -0.967. The maximum Gasteiger partial charge on any atom is 0.320 e. The molecule has 0 radical (unpaired) electrons. The van der Waals surface area contributed by atoms with Crippen LogP contribution in [0, 0.1) is 0 Å². The highest BCUT2D eigenvalue weighted by molar-refractivity contribution is 5.80. The van der Waals surface area contributed by atoms with Gasteiger partial charge in [-0.2, -0.15) is 0 Å². The van der Waals surface area contributed by atoms with Crippen LogP contribution in [0.15, 0.2) is 30.3 Å². The molecule has 5 heteroatoms. The molecule has 1 saturated heterocycles. The number of aliphatic carboxylic acids is 1. The molecule has 19 heavy (non-hydrogen) atoms. The average molecular weight is 262 g/mol. The molecule has 1 aromatic rings. The van der Waals surface area contributed by atoms with Crippen molar-refractivity contribution in [1.29, 1.82) is 0 Å². The molecule has 1 fully saturated rings.